The fraction of sp³-hybridized carbons (Fsp3) is 0.556. The van der Waals surface area contributed by atoms with Gasteiger partial charge in [-0.3, -0.25) is 4.52 Å². The summed E-state index contributed by atoms with van der Waals surface area (Å²) in [5, 5.41) is 11.0. The van der Waals surface area contributed by atoms with Crippen LogP contribution in [0.4, 0.5) is 0 Å². The highest BCUT2D eigenvalue weighted by atomic mass is 31.2. The van der Waals surface area contributed by atoms with Gasteiger partial charge in [0.05, 0.1) is 17.8 Å². The Morgan fingerprint density at radius 1 is 0.977 bits per heavy atom. The largest absolute Gasteiger partial charge is 0.588 e. The van der Waals surface area contributed by atoms with E-state index in [1.807, 2.05) is 43.3 Å². The Morgan fingerprint density at radius 3 is 2.07 bits per heavy atom. The second-order valence-corrected chi connectivity index (χ2v) is 20.7. The Morgan fingerprint density at radius 2 is 1.55 bits per heavy atom. The fourth-order valence-electron chi connectivity index (χ4n) is 6.18. The van der Waals surface area contributed by atoms with Gasteiger partial charge in [0.2, 0.25) is 0 Å². The van der Waals surface area contributed by atoms with Gasteiger partial charge in [-0.05, 0) is 92.4 Å². The van der Waals surface area contributed by atoms with Crippen LogP contribution in [0.5, 0.6) is 11.5 Å². The molecule has 2 saturated carbocycles. The van der Waals surface area contributed by atoms with Gasteiger partial charge in [0.25, 0.3) is 0 Å². The van der Waals surface area contributed by atoms with Crippen LogP contribution in [0, 0.1) is 17.8 Å². The highest BCUT2D eigenvalue weighted by molar-refractivity contribution is 7.49. The van der Waals surface area contributed by atoms with Crippen LogP contribution < -0.4 is 9.05 Å². The lowest BCUT2D eigenvalue weighted by Crippen LogP contribution is -2.45. The molecule has 1 N–H and O–H groups in total. The van der Waals surface area contributed by atoms with E-state index in [0.29, 0.717) is 17.9 Å². The minimum Gasteiger partial charge on any atom is -0.413 e. The molecule has 242 valence electrons. The molecule has 2 aromatic carbocycles. The average molecular weight is 641 g/mol. The Bertz CT molecular complexity index is 1260. The van der Waals surface area contributed by atoms with Gasteiger partial charge < -0.3 is 18.6 Å². The summed E-state index contributed by atoms with van der Waals surface area (Å²) in [5.41, 5.74) is 0.161. The van der Waals surface area contributed by atoms with Crippen molar-refractivity contribution in [3.8, 4) is 11.5 Å². The number of phosphoric acid groups is 1. The maximum Gasteiger partial charge on any atom is 0.588 e. The molecule has 0 saturated heterocycles. The van der Waals surface area contributed by atoms with E-state index in [9.17, 15) is 9.67 Å². The van der Waals surface area contributed by atoms with Crippen molar-refractivity contribution in [2.45, 2.75) is 109 Å². The summed E-state index contributed by atoms with van der Waals surface area (Å²) in [7, 11) is -6.20. The quantitative estimate of drug-likeness (QED) is 0.126. The van der Waals surface area contributed by atoms with E-state index < -0.39 is 27.8 Å². The second-order valence-electron chi connectivity index (χ2n) is 14.4. The van der Waals surface area contributed by atoms with E-state index in [2.05, 4.69) is 59.5 Å². The normalized spacial score (nSPS) is 25.6. The van der Waals surface area contributed by atoms with Crippen LogP contribution in [-0.2, 0) is 13.5 Å². The Hall–Kier alpha value is -2.15. The van der Waals surface area contributed by atoms with Crippen molar-refractivity contribution >= 4 is 16.1 Å². The molecule has 0 aliphatic heterocycles. The highest BCUT2D eigenvalue weighted by Gasteiger charge is 2.55. The van der Waals surface area contributed by atoms with Crippen LogP contribution in [0.2, 0.25) is 18.1 Å². The van der Waals surface area contributed by atoms with E-state index in [-0.39, 0.29) is 28.9 Å². The van der Waals surface area contributed by atoms with E-state index in [0.717, 1.165) is 37.7 Å². The number of para-hydroxylation sites is 2. The molecular weight excluding hydrogens is 587 g/mol. The zero-order chi connectivity index (χ0) is 32.2. The molecule has 6 atom stereocenters. The lowest BCUT2D eigenvalue weighted by Gasteiger charge is -2.40. The number of hydrogen-bond acceptors (Lipinski definition) is 6. The SMILES string of the molecule is C=C1C[C@H]2[C@@H](C=CC[C@](C)(O)CCCC)[C@H](O[Si](C)(C)C(C)(C)C)C[C@@H]2C1OP(=O)(Oc1ccccc1)Oc1ccccc1. The Balaban J connectivity index is 1.61. The van der Waals surface area contributed by atoms with E-state index in [1.165, 1.54) is 0 Å². The molecule has 0 spiro atoms. The molecule has 0 amide bonds. The number of aliphatic hydroxyl groups is 1. The first-order chi connectivity index (χ1) is 20.6. The van der Waals surface area contributed by atoms with Gasteiger partial charge in [-0.2, -0.15) is 0 Å². The van der Waals surface area contributed by atoms with E-state index >= 15 is 0 Å². The third kappa shape index (κ3) is 8.76. The summed E-state index contributed by atoms with van der Waals surface area (Å²) in [6.07, 6.45) is 8.83. The van der Waals surface area contributed by atoms with Crippen LogP contribution in [0.1, 0.15) is 73.1 Å². The van der Waals surface area contributed by atoms with Gasteiger partial charge in [-0.25, -0.2) is 4.57 Å². The zero-order valence-electron chi connectivity index (χ0n) is 27.7. The molecule has 1 unspecified atom stereocenters. The van der Waals surface area contributed by atoms with Gasteiger partial charge in [-0.15, -0.1) is 0 Å². The molecule has 0 radical (unpaired) electrons. The summed E-state index contributed by atoms with van der Waals surface area (Å²) >= 11 is 0. The van der Waals surface area contributed by atoms with Crippen LogP contribution >= 0.6 is 7.82 Å². The van der Waals surface area contributed by atoms with Crippen molar-refractivity contribution < 1.29 is 27.7 Å². The number of unbranched alkanes of at least 4 members (excludes halogenated alkanes) is 1. The summed E-state index contributed by atoms with van der Waals surface area (Å²) in [5.74, 6) is 1.20. The summed E-state index contributed by atoms with van der Waals surface area (Å²) in [4.78, 5) is 0. The third-order valence-electron chi connectivity index (χ3n) is 9.67. The van der Waals surface area contributed by atoms with Gasteiger partial charge >= 0.3 is 7.82 Å². The van der Waals surface area contributed by atoms with Crippen LogP contribution in [-0.4, -0.2) is 31.2 Å². The molecule has 2 aliphatic carbocycles. The first kappa shape index (κ1) is 34.7. The van der Waals surface area contributed by atoms with Gasteiger partial charge in [0, 0.05) is 5.92 Å². The van der Waals surface area contributed by atoms with Crippen molar-refractivity contribution in [2.75, 3.05) is 0 Å². The lowest BCUT2D eigenvalue weighted by atomic mass is 9.89. The number of hydrogen-bond donors (Lipinski definition) is 1. The summed E-state index contributed by atoms with van der Waals surface area (Å²) in [6.45, 7) is 19.8. The lowest BCUT2D eigenvalue weighted by molar-refractivity contribution is 0.0513. The number of fused-ring (bicyclic) bond motifs is 1. The Kier molecular flexibility index (Phi) is 11.1. The molecule has 0 aromatic heterocycles. The van der Waals surface area contributed by atoms with Crippen molar-refractivity contribution in [1.29, 1.82) is 0 Å². The molecule has 0 heterocycles. The highest BCUT2D eigenvalue weighted by Crippen LogP contribution is 2.59. The van der Waals surface area contributed by atoms with Crippen molar-refractivity contribution in [3.63, 3.8) is 0 Å². The average Bonchev–Trinajstić information content (AvgIpc) is 3.41. The molecule has 2 fully saturated rings. The van der Waals surface area contributed by atoms with E-state index in [4.69, 9.17) is 18.0 Å². The number of benzene rings is 2. The van der Waals surface area contributed by atoms with Crippen LogP contribution in [0.15, 0.2) is 85.0 Å². The fourth-order valence-corrected chi connectivity index (χ4v) is 9.01. The monoisotopic (exact) mass is 640 g/mol. The first-order valence-electron chi connectivity index (χ1n) is 16.2. The van der Waals surface area contributed by atoms with Crippen molar-refractivity contribution in [1.82, 2.24) is 0 Å². The standard InChI is InChI=1S/C36H53O6PSi/c1-9-10-23-36(6,37)24-17-22-30-31-25-27(2)34(32(31)26-33(30)42-44(7,8)35(3,4)5)41-43(38,39-28-18-13-11-14-19-28)40-29-20-15-12-16-21-29/h11-22,30-34,37H,2,9-10,23-26H2,1,3-8H3/t30-,31+,32+,33-,34?,36-/m1/s1. The second kappa shape index (κ2) is 14.1. The van der Waals surface area contributed by atoms with E-state index in [1.54, 1.807) is 24.3 Å². The maximum atomic E-state index is 14.4. The molecule has 2 aliphatic rings. The molecule has 0 bridgehead atoms. The molecular formula is C36H53O6PSi. The molecule has 6 nitrogen and oxygen atoms in total. The molecule has 2 aromatic rings. The number of rotatable bonds is 14. The van der Waals surface area contributed by atoms with Crippen molar-refractivity contribution in [3.05, 3.63) is 85.0 Å². The van der Waals surface area contributed by atoms with Crippen LogP contribution in [0.3, 0.4) is 0 Å². The maximum absolute atomic E-state index is 14.4. The third-order valence-corrected chi connectivity index (χ3v) is 15.5. The van der Waals surface area contributed by atoms with Crippen molar-refractivity contribution in [2.24, 2.45) is 17.8 Å². The van der Waals surface area contributed by atoms with Gasteiger partial charge in [0.1, 0.15) is 11.5 Å². The smallest absolute Gasteiger partial charge is 0.413 e. The molecule has 4 rings (SSSR count). The van der Waals surface area contributed by atoms with Gasteiger partial charge in [0.15, 0.2) is 8.32 Å². The molecule has 44 heavy (non-hydrogen) atoms. The predicted molar refractivity (Wildman–Crippen MR) is 181 cm³/mol. The summed E-state index contributed by atoms with van der Waals surface area (Å²) < 4.78 is 39.8. The number of phosphoric ester groups is 1. The molecule has 8 heteroatoms. The minimum absolute atomic E-state index is 0.00796. The summed E-state index contributed by atoms with van der Waals surface area (Å²) in [6, 6.07) is 18.0. The first-order valence-corrected chi connectivity index (χ1v) is 20.5. The van der Waals surface area contributed by atoms with Crippen LogP contribution in [0.25, 0.3) is 0 Å². The van der Waals surface area contributed by atoms with Gasteiger partial charge in [-0.1, -0.05) is 95.7 Å². The zero-order valence-corrected chi connectivity index (χ0v) is 29.6. The Labute approximate surface area is 266 Å². The predicted octanol–water partition coefficient (Wildman–Crippen LogP) is 10.1. The topological polar surface area (TPSA) is 74.2 Å². The minimum atomic E-state index is -4.10.